The maximum Gasteiger partial charge on any atom is 0.195 e. The first-order valence-electron chi connectivity index (χ1n) is 4.95. The van der Waals surface area contributed by atoms with Crippen LogP contribution in [-0.2, 0) is 4.79 Å². The fourth-order valence-electron chi connectivity index (χ4n) is 1.15. The van der Waals surface area contributed by atoms with Crippen molar-refractivity contribution in [1.29, 1.82) is 0 Å². The van der Waals surface area contributed by atoms with Crippen LogP contribution in [0.15, 0.2) is 18.2 Å². The standard InChI is InChI=1S/C12H11F3OS/c1-8(16)17-7-3-2-4-9-5-6-10(13)12(15)11(9)14/h2,4-6H,3,7H2,1H3. The van der Waals surface area contributed by atoms with Gasteiger partial charge in [-0.25, -0.2) is 13.2 Å². The normalized spacial score (nSPS) is 11.1. The molecule has 0 bridgehead atoms. The smallest absolute Gasteiger partial charge is 0.195 e. The Hall–Kier alpha value is -1.23. The lowest BCUT2D eigenvalue weighted by Gasteiger charge is -1.99. The minimum Gasteiger partial charge on any atom is -0.288 e. The summed E-state index contributed by atoms with van der Waals surface area (Å²) in [6.07, 6.45) is 3.55. The van der Waals surface area contributed by atoms with Crippen LogP contribution >= 0.6 is 11.8 Å². The highest BCUT2D eigenvalue weighted by molar-refractivity contribution is 8.13. The van der Waals surface area contributed by atoms with Crippen molar-refractivity contribution in [2.45, 2.75) is 13.3 Å². The summed E-state index contributed by atoms with van der Waals surface area (Å²) in [5, 5.41) is 0.0115. The molecule has 0 spiro atoms. The average Bonchev–Trinajstić information content (AvgIpc) is 2.28. The Kier molecular flexibility index (Phi) is 5.28. The van der Waals surface area contributed by atoms with E-state index < -0.39 is 17.5 Å². The molecule has 0 unspecified atom stereocenters. The molecule has 0 aliphatic rings. The monoisotopic (exact) mass is 260 g/mol. The summed E-state index contributed by atoms with van der Waals surface area (Å²) in [7, 11) is 0. The number of benzene rings is 1. The van der Waals surface area contributed by atoms with Gasteiger partial charge in [-0.2, -0.15) is 0 Å². The molecular formula is C12H11F3OS. The van der Waals surface area contributed by atoms with Gasteiger partial charge in [-0.1, -0.05) is 23.9 Å². The summed E-state index contributed by atoms with van der Waals surface area (Å²) in [6.45, 7) is 1.46. The molecule has 1 aromatic rings. The van der Waals surface area contributed by atoms with E-state index in [2.05, 4.69) is 0 Å². The highest BCUT2D eigenvalue weighted by Gasteiger charge is 2.10. The van der Waals surface area contributed by atoms with Crippen LogP contribution in [0, 0.1) is 17.5 Å². The van der Waals surface area contributed by atoms with Crippen molar-refractivity contribution in [3.8, 4) is 0 Å². The number of rotatable bonds is 4. The Morgan fingerprint density at radius 3 is 2.65 bits per heavy atom. The third-order valence-corrected chi connectivity index (χ3v) is 2.80. The van der Waals surface area contributed by atoms with E-state index in [0.29, 0.717) is 12.2 Å². The molecule has 0 radical (unpaired) electrons. The molecule has 0 heterocycles. The summed E-state index contributed by atoms with van der Waals surface area (Å²) < 4.78 is 38.6. The molecule has 1 nitrogen and oxygen atoms in total. The quantitative estimate of drug-likeness (QED) is 0.605. The highest BCUT2D eigenvalue weighted by atomic mass is 32.2. The zero-order valence-corrected chi connectivity index (χ0v) is 9.99. The molecule has 0 N–H and O–H groups in total. The van der Waals surface area contributed by atoms with Crippen molar-refractivity contribution < 1.29 is 18.0 Å². The van der Waals surface area contributed by atoms with Gasteiger partial charge < -0.3 is 0 Å². The van der Waals surface area contributed by atoms with E-state index in [9.17, 15) is 18.0 Å². The third kappa shape index (κ3) is 4.26. The first-order chi connectivity index (χ1) is 8.02. The van der Waals surface area contributed by atoms with Gasteiger partial charge in [-0.05, 0) is 18.6 Å². The SMILES string of the molecule is CC(=O)SCCC=Cc1ccc(F)c(F)c1F. The van der Waals surface area contributed by atoms with Gasteiger partial charge >= 0.3 is 0 Å². The summed E-state index contributed by atoms with van der Waals surface area (Å²) in [6, 6.07) is 2.05. The number of hydrogen-bond acceptors (Lipinski definition) is 2. The molecular weight excluding hydrogens is 249 g/mol. The van der Waals surface area contributed by atoms with Gasteiger partial charge in [-0.15, -0.1) is 0 Å². The fourth-order valence-corrected chi connectivity index (χ4v) is 1.69. The third-order valence-electron chi connectivity index (χ3n) is 1.95. The van der Waals surface area contributed by atoms with Crippen molar-refractivity contribution in [3.63, 3.8) is 0 Å². The average molecular weight is 260 g/mol. The summed E-state index contributed by atoms with van der Waals surface area (Å²) in [5.74, 6) is -3.28. The molecule has 0 atom stereocenters. The number of hydrogen-bond donors (Lipinski definition) is 0. The van der Waals surface area contributed by atoms with E-state index in [1.54, 1.807) is 6.08 Å². The highest BCUT2D eigenvalue weighted by Crippen LogP contribution is 2.16. The van der Waals surface area contributed by atoms with Crippen LogP contribution in [-0.4, -0.2) is 10.9 Å². The fraction of sp³-hybridized carbons (Fsp3) is 0.250. The van der Waals surface area contributed by atoms with Crippen LogP contribution in [0.1, 0.15) is 18.9 Å². The molecule has 1 rings (SSSR count). The van der Waals surface area contributed by atoms with Crippen LogP contribution in [0.5, 0.6) is 0 Å². The van der Waals surface area contributed by atoms with Gasteiger partial charge in [0, 0.05) is 18.2 Å². The Bertz CT molecular complexity index is 444. The number of carbonyl (C=O) groups is 1. The van der Waals surface area contributed by atoms with Crippen molar-refractivity contribution in [3.05, 3.63) is 41.2 Å². The summed E-state index contributed by atoms with van der Waals surface area (Å²) in [5.41, 5.74) is -0.00303. The molecule has 5 heteroatoms. The zero-order chi connectivity index (χ0) is 12.8. The van der Waals surface area contributed by atoms with E-state index >= 15 is 0 Å². The molecule has 17 heavy (non-hydrogen) atoms. The molecule has 0 fully saturated rings. The molecule has 0 saturated heterocycles. The van der Waals surface area contributed by atoms with Crippen molar-refractivity contribution >= 4 is 23.0 Å². The summed E-state index contributed by atoms with van der Waals surface area (Å²) in [4.78, 5) is 10.6. The van der Waals surface area contributed by atoms with E-state index in [0.717, 1.165) is 17.8 Å². The predicted molar refractivity (Wildman–Crippen MR) is 63.1 cm³/mol. The van der Waals surface area contributed by atoms with Crippen LogP contribution in [0.25, 0.3) is 6.08 Å². The second kappa shape index (κ2) is 6.49. The number of halogens is 3. The first kappa shape index (κ1) is 13.8. The van der Waals surface area contributed by atoms with Gasteiger partial charge in [0.25, 0.3) is 0 Å². The number of thioether (sulfide) groups is 1. The lowest BCUT2D eigenvalue weighted by Crippen LogP contribution is -1.93. The van der Waals surface area contributed by atoms with Crippen LogP contribution in [0.3, 0.4) is 0 Å². The molecule has 0 aliphatic heterocycles. The van der Waals surface area contributed by atoms with Gasteiger partial charge in [0.15, 0.2) is 22.6 Å². The van der Waals surface area contributed by atoms with Crippen LogP contribution in [0.4, 0.5) is 13.2 Å². The Morgan fingerprint density at radius 1 is 1.29 bits per heavy atom. The van der Waals surface area contributed by atoms with Gasteiger partial charge in [-0.3, -0.25) is 4.79 Å². The number of allylic oxidation sites excluding steroid dienone is 1. The number of carbonyl (C=O) groups excluding carboxylic acids is 1. The topological polar surface area (TPSA) is 17.1 Å². The molecule has 0 amide bonds. The van der Waals surface area contributed by atoms with Crippen molar-refractivity contribution in [1.82, 2.24) is 0 Å². The molecule has 1 aromatic carbocycles. The molecule has 92 valence electrons. The second-order valence-corrected chi connectivity index (χ2v) is 4.57. The Balaban J connectivity index is 2.60. The maximum absolute atomic E-state index is 13.2. The largest absolute Gasteiger partial charge is 0.288 e. The van der Waals surface area contributed by atoms with Crippen LogP contribution < -0.4 is 0 Å². The van der Waals surface area contributed by atoms with Crippen LogP contribution in [0.2, 0.25) is 0 Å². The van der Waals surface area contributed by atoms with Gasteiger partial charge in [0.2, 0.25) is 0 Å². The lowest BCUT2D eigenvalue weighted by molar-refractivity contribution is -0.109. The Morgan fingerprint density at radius 2 is 2.00 bits per heavy atom. The van der Waals surface area contributed by atoms with E-state index in [-0.39, 0.29) is 10.7 Å². The van der Waals surface area contributed by atoms with E-state index in [1.165, 1.54) is 19.1 Å². The minimum absolute atomic E-state index is 0.00303. The van der Waals surface area contributed by atoms with Crippen molar-refractivity contribution in [2.75, 3.05) is 5.75 Å². The second-order valence-electron chi connectivity index (χ2n) is 3.30. The lowest BCUT2D eigenvalue weighted by atomic mass is 10.2. The first-order valence-corrected chi connectivity index (χ1v) is 5.94. The van der Waals surface area contributed by atoms with E-state index in [4.69, 9.17) is 0 Å². The Labute approximate surface area is 102 Å². The zero-order valence-electron chi connectivity index (χ0n) is 9.17. The van der Waals surface area contributed by atoms with Gasteiger partial charge in [0.05, 0.1) is 0 Å². The van der Waals surface area contributed by atoms with Gasteiger partial charge in [0.1, 0.15) is 0 Å². The molecule has 0 aromatic heterocycles. The maximum atomic E-state index is 13.2. The van der Waals surface area contributed by atoms with Crippen molar-refractivity contribution in [2.24, 2.45) is 0 Å². The molecule has 0 aliphatic carbocycles. The minimum atomic E-state index is -1.47. The molecule has 0 saturated carbocycles. The summed E-state index contributed by atoms with van der Waals surface area (Å²) >= 11 is 1.16. The predicted octanol–water partition coefficient (Wildman–Crippen LogP) is 3.79. The van der Waals surface area contributed by atoms with E-state index in [1.807, 2.05) is 0 Å².